The van der Waals surface area contributed by atoms with E-state index in [1.807, 2.05) is 83.8 Å². The lowest BCUT2D eigenvalue weighted by Crippen LogP contribution is -2.59. The van der Waals surface area contributed by atoms with Crippen LogP contribution in [0, 0.1) is 11.8 Å². The summed E-state index contributed by atoms with van der Waals surface area (Å²) in [7, 11) is 0. The molecule has 1 aromatic heterocycles. The predicted molar refractivity (Wildman–Crippen MR) is 221 cm³/mol. The topological polar surface area (TPSA) is 159 Å². The fourth-order valence-corrected chi connectivity index (χ4v) is 9.18. The monoisotopic (exact) mass is 785 g/mol. The molecule has 0 radical (unpaired) electrons. The number of carbonyl (C=O) groups is 2. The number of carbonyl (C=O) groups excluding carboxylic acids is 1. The van der Waals surface area contributed by atoms with Crippen molar-refractivity contribution < 1.29 is 29.6 Å². The zero-order valence-electron chi connectivity index (χ0n) is 32.5. The molecule has 4 aromatic carbocycles. The Labute approximate surface area is 337 Å². The van der Waals surface area contributed by atoms with Gasteiger partial charge in [-0.05, 0) is 116 Å². The van der Waals surface area contributed by atoms with Crippen molar-refractivity contribution in [2.75, 3.05) is 45.8 Å². The van der Waals surface area contributed by atoms with Crippen LogP contribution in [0.2, 0.25) is 0 Å². The van der Waals surface area contributed by atoms with Gasteiger partial charge in [-0.15, -0.1) is 0 Å². The van der Waals surface area contributed by atoms with Gasteiger partial charge in [0, 0.05) is 43.2 Å². The summed E-state index contributed by atoms with van der Waals surface area (Å²) in [6, 6.07) is 30.7. The summed E-state index contributed by atoms with van der Waals surface area (Å²) >= 11 is 0. The number of hydrogen-bond acceptors (Lipinski definition) is 8. The van der Waals surface area contributed by atoms with Crippen LogP contribution in [0.15, 0.2) is 108 Å². The minimum absolute atomic E-state index is 0.0184. The van der Waals surface area contributed by atoms with Crippen LogP contribution in [0.4, 0.5) is 4.79 Å². The molecule has 2 bridgehead atoms. The summed E-state index contributed by atoms with van der Waals surface area (Å²) < 4.78 is 6.31. The predicted octanol–water partition coefficient (Wildman–Crippen LogP) is 6.15. The normalized spacial score (nSPS) is 20.4. The van der Waals surface area contributed by atoms with Crippen molar-refractivity contribution in [3.05, 3.63) is 141 Å². The standard InChI is InChI=1S/C46H51N5O7/c52-40-14-12-37(38-13-15-42(54)48-43(38)40)41(53)27-47-26-30-16-22-50(23-17-30)45(55)35-10-4-6-31(24-35)29-58-36-11-5-9-34(25-36)44(33-7-2-1-3-8-33)51(46(56)57)39-28-49-20-18-32(39)19-21-49/h1-15,24-25,30,32,39,41,44,47,52-53H,16-23,26-29H2,(H,48,54)(H,56,57)/t39?,41-,44+/m0/s1. The van der Waals surface area contributed by atoms with Gasteiger partial charge in [0.2, 0.25) is 5.56 Å². The van der Waals surface area contributed by atoms with Crippen LogP contribution in [0.25, 0.3) is 10.9 Å². The second-order valence-corrected chi connectivity index (χ2v) is 16.0. The molecular formula is C46H51N5O7. The van der Waals surface area contributed by atoms with E-state index in [1.165, 1.54) is 12.1 Å². The van der Waals surface area contributed by atoms with Gasteiger partial charge < -0.3 is 40.2 Å². The van der Waals surface area contributed by atoms with Crippen LogP contribution in [-0.2, 0) is 6.61 Å². The Morgan fingerprint density at radius 1 is 0.862 bits per heavy atom. The van der Waals surface area contributed by atoms with E-state index in [0.29, 0.717) is 65.8 Å². The first-order valence-corrected chi connectivity index (χ1v) is 20.3. The third-order valence-electron chi connectivity index (χ3n) is 12.3. The molecule has 5 heterocycles. The maximum Gasteiger partial charge on any atom is 0.408 e. The van der Waals surface area contributed by atoms with E-state index >= 15 is 0 Å². The average Bonchev–Trinajstić information content (AvgIpc) is 3.25. The lowest BCUT2D eigenvalue weighted by atomic mass is 9.81. The number of aromatic hydroxyl groups is 1. The van der Waals surface area contributed by atoms with Gasteiger partial charge >= 0.3 is 6.09 Å². The van der Waals surface area contributed by atoms with Crippen LogP contribution >= 0.6 is 0 Å². The minimum Gasteiger partial charge on any atom is -0.506 e. The number of nitrogens with one attached hydrogen (secondary N) is 2. The Bertz CT molecular complexity index is 2280. The second-order valence-electron chi connectivity index (χ2n) is 16.0. The van der Waals surface area contributed by atoms with Crippen LogP contribution < -0.4 is 15.6 Å². The number of piperidine rings is 4. The third kappa shape index (κ3) is 8.59. The largest absolute Gasteiger partial charge is 0.506 e. The number of rotatable bonds is 13. The Morgan fingerprint density at radius 2 is 1.62 bits per heavy atom. The van der Waals surface area contributed by atoms with Gasteiger partial charge in [0.1, 0.15) is 18.1 Å². The Kier molecular flexibility index (Phi) is 11.8. The SMILES string of the molecule is O=C(c1cccc(COc2cccc([C@@H](c3ccccc3)N(C(=O)O)C3CN4CCC3CC4)c2)c1)N1CCC(CNC[C@H](O)c2ccc(O)c3[nH]c(=O)ccc23)CC1. The van der Waals surface area contributed by atoms with Crippen LogP contribution in [-0.4, -0.2) is 98.9 Å². The van der Waals surface area contributed by atoms with Crippen LogP contribution in [0.5, 0.6) is 11.5 Å². The quantitative estimate of drug-likeness (QED) is 0.0945. The van der Waals surface area contributed by atoms with E-state index in [4.69, 9.17) is 4.74 Å². The molecule has 1 unspecified atom stereocenters. The van der Waals surface area contributed by atoms with Gasteiger partial charge in [0.25, 0.3) is 5.91 Å². The highest BCUT2D eigenvalue weighted by atomic mass is 16.5. The van der Waals surface area contributed by atoms with E-state index < -0.39 is 18.2 Å². The molecule has 0 spiro atoms. The van der Waals surface area contributed by atoms with E-state index in [-0.39, 0.29) is 29.9 Å². The molecule has 302 valence electrons. The van der Waals surface area contributed by atoms with E-state index in [9.17, 15) is 29.7 Å². The highest BCUT2D eigenvalue weighted by Crippen LogP contribution is 2.39. The first-order chi connectivity index (χ1) is 28.2. The molecule has 4 saturated heterocycles. The Hall–Kier alpha value is -5.69. The van der Waals surface area contributed by atoms with E-state index in [0.717, 1.165) is 62.0 Å². The number of nitrogens with zero attached hydrogens (tertiary/aromatic N) is 3. The molecule has 0 saturated carbocycles. The zero-order chi connectivity index (χ0) is 40.2. The van der Waals surface area contributed by atoms with Gasteiger partial charge in [-0.2, -0.15) is 0 Å². The van der Waals surface area contributed by atoms with Gasteiger partial charge in [0.05, 0.1) is 23.7 Å². The Morgan fingerprint density at radius 3 is 2.36 bits per heavy atom. The van der Waals surface area contributed by atoms with Crippen LogP contribution in [0.1, 0.15) is 70.4 Å². The van der Waals surface area contributed by atoms with Crippen LogP contribution in [0.3, 0.4) is 0 Å². The van der Waals surface area contributed by atoms with Crippen molar-refractivity contribution in [2.45, 2.75) is 50.5 Å². The molecule has 4 aliphatic rings. The fourth-order valence-electron chi connectivity index (χ4n) is 9.18. The number of ether oxygens (including phenoxy) is 1. The van der Waals surface area contributed by atoms with E-state index in [2.05, 4.69) is 15.2 Å². The summed E-state index contributed by atoms with van der Waals surface area (Å²) in [6.07, 6.45) is 1.94. The summed E-state index contributed by atoms with van der Waals surface area (Å²) in [5.41, 5.74) is 3.85. The number of amides is 2. The summed E-state index contributed by atoms with van der Waals surface area (Å²) in [5, 5.41) is 35.8. The maximum atomic E-state index is 13.6. The second kappa shape index (κ2) is 17.4. The minimum atomic E-state index is -0.918. The Balaban J connectivity index is 0.865. The number of carboxylic acid groups (broad SMARTS) is 1. The number of phenolic OH excluding ortho intramolecular Hbond substituents is 1. The van der Waals surface area contributed by atoms with Crippen molar-refractivity contribution in [2.24, 2.45) is 11.8 Å². The van der Waals surface area contributed by atoms with Crippen molar-refractivity contribution >= 4 is 22.9 Å². The van der Waals surface area contributed by atoms with Crippen molar-refractivity contribution in [3.8, 4) is 11.5 Å². The van der Waals surface area contributed by atoms with E-state index in [1.54, 1.807) is 17.0 Å². The highest BCUT2D eigenvalue weighted by molar-refractivity contribution is 5.94. The molecule has 0 aliphatic carbocycles. The molecule has 9 rings (SSSR count). The van der Waals surface area contributed by atoms with Gasteiger partial charge in [-0.1, -0.05) is 60.7 Å². The summed E-state index contributed by atoms with van der Waals surface area (Å²) in [4.78, 5) is 47.0. The van der Waals surface area contributed by atoms with Gasteiger partial charge in [0.15, 0.2) is 0 Å². The number of aromatic amines is 1. The number of H-pyrrole nitrogens is 1. The van der Waals surface area contributed by atoms with Crippen molar-refractivity contribution in [1.29, 1.82) is 0 Å². The molecule has 4 aliphatic heterocycles. The molecule has 3 atom stereocenters. The molecule has 5 N–H and O–H groups in total. The molecule has 4 fully saturated rings. The average molecular weight is 786 g/mol. The molecule has 2 amide bonds. The number of fused-ring (bicyclic) bond motifs is 4. The number of aliphatic hydroxyl groups is 1. The lowest BCUT2D eigenvalue weighted by molar-refractivity contribution is -0.000814. The first kappa shape index (κ1) is 39.2. The number of phenols is 1. The van der Waals surface area contributed by atoms with Gasteiger partial charge in [-0.25, -0.2) is 4.79 Å². The molecule has 58 heavy (non-hydrogen) atoms. The maximum absolute atomic E-state index is 13.6. The number of hydrogen-bond donors (Lipinski definition) is 5. The summed E-state index contributed by atoms with van der Waals surface area (Å²) in [6.45, 7) is 5.32. The molecular weight excluding hydrogens is 735 g/mol. The lowest BCUT2D eigenvalue weighted by Gasteiger charge is -2.50. The summed E-state index contributed by atoms with van der Waals surface area (Å²) in [5.74, 6) is 1.25. The highest BCUT2D eigenvalue weighted by Gasteiger charge is 2.43. The number of aromatic nitrogens is 1. The fraction of sp³-hybridized carbons (Fsp3) is 0.370. The zero-order valence-corrected chi connectivity index (χ0v) is 32.5. The van der Waals surface area contributed by atoms with Crippen molar-refractivity contribution in [1.82, 2.24) is 25.0 Å². The molecule has 5 aromatic rings. The third-order valence-corrected chi connectivity index (χ3v) is 12.3. The molecule has 12 nitrogen and oxygen atoms in total. The number of benzene rings is 4. The number of likely N-dealkylation sites (tertiary alicyclic amines) is 1. The first-order valence-electron chi connectivity index (χ1n) is 20.3. The smallest absolute Gasteiger partial charge is 0.408 e. The molecule has 12 heteroatoms. The number of pyridine rings is 1. The van der Waals surface area contributed by atoms with Gasteiger partial charge in [-0.3, -0.25) is 14.5 Å². The van der Waals surface area contributed by atoms with Crippen molar-refractivity contribution in [3.63, 3.8) is 0 Å². The number of aliphatic hydroxyl groups excluding tert-OH is 1.